The zero-order valence-corrected chi connectivity index (χ0v) is 16.5. The number of ether oxygens (including phenoxy) is 2. The molecule has 0 aromatic heterocycles. The lowest BCUT2D eigenvalue weighted by Gasteiger charge is -2.28. The number of thiol groups is 1. The van der Waals surface area contributed by atoms with Crippen molar-refractivity contribution in [2.45, 2.75) is 31.6 Å². The average molecular weight is 396 g/mol. The summed E-state index contributed by atoms with van der Waals surface area (Å²) in [7, 11) is 1.14. The Morgan fingerprint density at radius 2 is 1.85 bits per heavy atom. The van der Waals surface area contributed by atoms with Gasteiger partial charge in [-0.05, 0) is 32.4 Å². The molecule has 0 bridgehead atoms. The largest absolute Gasteiger partial charge is 0.464 e. The summed E-state index contributed by atoms with van der Waals surface area (Å²) >= 11 is 3.92. The van der Waals surface area contributed by atoms with Crippen LogP contribution < -0.4 is 5.43 Å². The lowest BCUT2D eigenvalue weighted by atomic mass is 10.2. The molecule has 1 rings (SSSR count). The number of esters is 1. The molecule has 1 aromatic carbocycles. The van der Waals surface area contributed by atoms with Gasteiger partial charge in [0.2, 0.25) is 0 Å². The monoisotopic (exact) mass is 396 g/mol. The molecule has 0 saturated carbocycles. The molecule has 1 unspecified atom stereocenters. The molecule has 148 valence electrons. The van der Waals surface area contributed by atoms with Crippen LogP contribution in [0.1, 0.15) is 26.3 Å². The van der Waals surface area contributed by atoms with E-state index in [2.05, 4.69) is 18.1 Å². The van der Waals surface area contributed by atoms with E-state index in [4.69, 9.17) is 14.6 Å². The number of benzene rings is 1. The average Bonchev–Trinajstić information content (AvgIpc) is 2.62. The Morgan fingerprint density at radius 3 is 2.33 bits per heavy atom. The Kier molecular flexibility index (Phi) is 8.32. The molecular formula is C18H24N2O6S. The van der Waals surface area contributed by atoms with Crippen molar-refractivity contribution in [3.63, 3.8) is 0 Å². The van der Waals surface area contributed by atoms with Gasteiger partial charge in [-0.15, -0.1) is 0 Å². The Labute approximate surface area is 163 Å². The van der Waals surface area contributed by atoms with Gasteiger partial charge in [-0.3, -0.25) is 10.2 Å². The fourth-order valence-electron chi connectivity index (χ4n) is 1.81. The van der Waals surface area contributed by atoms with Crippen LogP contribution in [-0.2, 0) is 19.1 Å². The summed E-state index contributed by atoms with van der Waals surface area (Å²) in [6, 6.07) is 8.68. The molecule has 0 aliphatic carbocycles. The van der Waals surface area contributed by atoms with Crippen molar-refractivity contribution in [2.75, 3.05) is 13.7 Å². The van der Waals surface area contributed by atoms with E-state index >= 15 is 0 Å². The maximum absolute atomic E-state index is 12.6. The van der Waals surface area contributed by atoms with E-state index in [0.29, 0.717) is 10.6 Å². The SMILES string of the molecule is COC(=O)C(=Cc1ccccc1)N(NC(=O)C(S)CO)C(=O)OC(C)(C)C. The minimum Gasteiger partial charge on any atom is -0.464 e. The number of hydrazine groups is 1. The fraction of sp³-hybridized carbons (Fsp3) is 0.389. The Balaban J connectivity index is 3.36. The lowest BCUT2D eigenvalue weighted by Crippen LogP contribution is -2.51. The topological polar surface area (TPSA) is 105 Å². The van der Waals surface area contributed by atoms with Crippen LogP contribution in [-0.4, -0.2) is 52.7 Å². The van der Waals surface area contributed by atoms with Crippen LogP contribution in [0.4, 0.5) is 4.79 Å². The van der Waals surface area contributed by atoms with Crippen LogP contribution in [0.15, 0.2) is 36.0 Å². The van der Waals surface area contributed by atoms with Gasteiger partial charge < -0.3 is 14.6 Å². The quantitative estimate of drug-likeness (QED) is 0.303. The first-order valence-electron chi connectivity index (χ1n) is 8.06. The summed E-state index contributed by atoms with van der Waals surface area (Å²) in [6.45, 7) is 4.35. The maximum Gasteiger partial charge on any atom is 0.434 e. The number of aliphatic hydroxyl groups is 1. The van der Waals surface area contributed by atoms with Crippen molar-refractivity contribution >= 4 is 36.7 Å². The van der Waals surface area contributed by atoms with Gasteiger partial charge in [-0.1, -0.05) is 30.3 Å². The third-order valence-corrected chi connectivity index (χ3v) is 3.41. The van der Waals surface area contributed by atoms with Gasteiger partial charge in [0.05, 0.1) is 13.7 Å². The highest BCUT2D eigenvalue weighted by Gasteiger charge is 2.31. The zero-order valence-electron chi connectivity index (χ0n) is 15.6. The normalized spacial score (nSPS) is 12.7. The van der Waals surface area contributed by atoms with Crippen molar-refractivity contribution in [1.82, 2.24) is 10.4 Å². The van der Waals surface area contributed by atoms with Crippen molar-refractivity contribution < 1.29 is 29.0 Å². The van der Waals surface area contributed by atoms with Crippen molar-refractivity contribution in [3.8, 4) is 0 Å². The van der Waals surface area contributed by atoms with E-state index in [9.17, 15) is 14.4 Å². The van der Waals surface area contributed by atoms with Gasteiger partial charge in [0.1, 0.15) is 10.9 Å². The van der Waals surface area contributed by atoms with Gasteiger partial charge in [-0.2, -0.15) is 17.6 Å². The highest BCUT2D eigenvalue weighted by molar-refractivity contribution is 7.81. The standard InChI is InChI=1S/C18H24N2O6S/c1-18(2,3)26-17(24)20(19-15(22)14(27)11-21)13(16(23)25-4)10-12-8-6-5-7-9-12/h5-10,14,21,27H,11H2,1-4H3,(H,19,22). The van der Waals surface area contributed by atoms with Crippen molar-refractivity contribution in [2.24, 2.45) is 0 Å². The van der Waals surface area contributed by atoms with E-state index in [1.54, 1.807) is 51.1 Å². The second-order valence-corrected chi connectivity index (χ2v) is 7.05. The predicted molar refractivity (Wildman–Crippen MR) is 103 cm³/mol. The predicted octanol–water partition coefficient (Wildman–Crippen LogP) is 1.76. The summed E-state index contributed by atoms with van der Waals surface area (Å²) in [4.78, 5) is 37.0. The highest BCUT2D eigenvalue weighted by atomic mass is 32.1. The van der Waals surface area contributed by atoms with Crippen LogP contribution in [0.3, 0.4) is 0 Å². The Bertz CT molecular complexity index is 700. The third kappa shape index (κ3) is 7.32. The van der Waals surface area contributed by atoms with E-state index < -0.39 is 35.4 Å². The molecule has 9 heteroatoms. The molecule has 1 atom stereocenters. The second kappa shape index (κ2) is 9.98. The van der Waals surface area contributed by atoms with Crippen LogP contribution >= 0.6 is 12.6 Å². The van der Waals surface area contributed by atoms with Gasteiger partial charge in [-0.25, -0.2) is 9.59 Å². The number of carbonyl (C=O) groups excluding carboxylic acids is 3. The smallest absolute Gasteiger partial charge is 0.434 e. The maximum atomic E-state index is 12.6. The summed E-state index contributed by atoms with van der Waals surface area (Å²) in [5.41, 5.74) is 1.67. The summed E-state index contributed by atoms with van der Waals surface area (Å²) in [6.07, 6.45) is 0.365. The lowest BCUT2D eigenvalue weighted by molar-refractivity contribution is -0.139. The van der Waals surface area contributed by atoms with Crippen LogP contribution in [0.25, 0.3) is 6.08 Å². The number of rotatable bonds is 5. The number of hydrogen-bond acceptors (Lipinski definition) is 7. The molecule has 27 heavy (non-hydrogen) atoms. The van der Waals surface area contributed by atoms with E-state index in [1.165, 1.54) is 6.08 Å². The highest BCUT2D eigenvalue weighted by Crippen LogP contribution is 2.16. The van der Waals surface area contributed by atoms with Crippen molar-refractivity contribution in [1.29, 1.82) is 0 Å². The molecule has 0 saturated heterocycles. The minimum absolute atomic E-state index is 0.273. The number of carbonyl (C=O) groups is 3. The molecule has 2 N–H and O–H groups in total. The third-order valence-electron chi connectivity index (χ3n) is 3.01. The molecule has 8 nitrogen and oxygen atoms in total. The first-order valence-corrected chi connectivity index (χ1v) is 8.58. The molecule has 2 amide bonds. The second-order valence-electron chi connectivity index (χ2n) is 6.42. The first kappa shape index (κ1) is 22.5. The van der Waals surface area contributed by atoms with Gasteiger partial charge in [0.15, 0.2) is 5.70 Å². The fourth-order valence-corrected chi connectivity index (χ4v) is 1.86. The van der Waals surface area contributed by atoms with Crippen molar-refractivity contribution in [3.05, 3.63) is 41.6 Å². The van der Waals surface area contributed by atoms with Crippen LogP contribution in [0, 0.1) is 0 Å². The molecule has 0 aliphatic rings. The van der Waals surface area contributed by atoms with Gasteiger partial charge in [0, 0.05) is 0 Å². The first-order chi connectivity index (χ1) is 12.6. The van der Waals surface area contributed by atoms with Gasteiger partial charge in [0.25, 0.3) is 5.91 Å². The minimum atomic E-state index is -1.11. The van der Waals surface area contributed by atoms with E-state index in [1.807, 2.05) is 0 Å². The zero-order chi connectivity index (χ0) is 20.6. The number of hydrogen-bond donors (Lipinski definition) is 3. The summed E-state index contributed by atoms with van der Waals surface area (Å²) < 4.78 is 10.0. The molecule has 1 aromatic rings. The number of nitrogens with one attached hydrogen (secondary N) is 1. The number of aliphatic hydroxyl groups excluding tert-OH is 1. The summed E-state index contributed by atoms with van der Waals surface area (Å²) in [5, 5.41) is 8.63. The molecule has 0 spiro atoms. The van der Waals surface area contributed by atoms with E-state index in [-0.39, 0.29) is 5.70 Å². The number of nitrogens with zero attached hydrogens (tertiary/aromatic N) is 1. The molecule has 0 fully saturated rings. The molecule has 0 aliphatic heterocycles. The Hall–Kier alpha value is -2.52. The van der Waals surface area contributed by atoms with E-state index in [0.717, 1.165) is 7.11 Å². The molecule has 0 heterocycles. The number of methoxy groups -OCH3 is 1. The van der Waals surface area contributed by atoms with Crippen LogP contribution in [0.2, 0.25) is 0 Å². The molecule has 0 radical (unpaired) electrons. The summed E-state index contributed by atoms with van der Waals surface area (Å²) in [5.74, 6) is -1.67. The molecular weight excluding hydrogens is 372 g/mol. The Morgan fingerprint density at radius 1 is 1.26 bits per heavy atom. The van der Waals surface area contributed by atoms with Crippen LogP contribution in [0.5, 0.6) is 0 Å². The number of amides is 2. The van der Waals surface area contributed by atoms with Gasteiger partial charge >= 0.3 is 12.1 Å².